The Morgan fingerprint density at radius 3 is 2.42 bits per heavy atom. The van der Waals surface area contributed by atoms with Crippen LogP contribution in [-0.2, 0) is 4.79 Å². The molecular weight excluding hydrogens is 262 g/mol. The van der Waals surface area contributed by atoms with E-state index in [1.54, 1.807) is 11.8 Å². The molecule has 1 heterocycles. The summed E-state index contributed by atoms with van der Waals surface area (Å²) in [5.41, 5.74) is 0.939. The van der Waals surface area contributed by atoms with E-state index in [1.807, 2.05) is 25.1 Å². The van der Waals surface area contributed by atoms with E-state index in [1.165, 1.54) is 4.90 Å². The molecule has 0 fully saturated rings. The van der Waals surface area contributed by atoms with Gasteiger partial charge in [-0.25, -0.2) is 4.98 Å². The lowest BCUT2D eigenvalue weighted by molar-refractivity contribution is -0.894. The number of amides is 1. The Morgan fingerprint density at radius 2 is 1.95 bits per heavy atom. The fourth-order valence-electron chi connectivity index (χ4n) is 1.99. The summed E-state index contributed by atoms with van der Waals surface area (Å²) < 4.78 is 0. The van der Waals surface area contributed by atoms with Crippen molar-refractivity contribution in [2.45, 2.75) is 27.7 Å². The number of likely N-dealkylation sites (N-methyl/N-ethyl adjacent to an activating group) is 1. The molecule has 5 heteroatoms. The first-order valence-corrected chi connectivity index (χ1v) is 6.63. The van der Waals surface area contributed by atoms with Gasteiger partial charge in [0.2, 0.25) is 5.91 Å². The van der Waals surface area contributed by atoms with Gasteiger partial charge in [0.1, 0.15) is 5.82 Å². The van der Waals surface area contributed by atoms with Gasteiger partial charge in [-0.3, -0.25) is 9.69 Å². The Labute approximate surface area is 122 Å². The van der Waals surface area contributed by atoms with E-state index in [-0.39, 0.29) is 18.3 Å². The zero-order valence-corrected chi connectivity index (χ0v) is 13.0. The molecule has 1 amide bonds. The highest BCUT2D eigenvalue weighted by molar-refractivity contribution is 5.90. The fraction of sp³-hybridized carbons (Fsp3) is 0.571. The summed E-state index contributed by atoms with van der Waals surface area (Å²) in [5, 5.41) is 0. The molecule has 0 aliphatic carbocycles. The van der Waals surface area contributed by atoms with E-state index < -0.39 is 0 Å². The molecule has 0 bridgehead atoms. The van der Waals surface area contributed by atoms with E-state index in [9.17, 15) is 4.79 Å². The van der Waals surface area contributed by atoms with Gasteiger partial charge < -0.3 is 17.3 Å². The zero-order chi connectivity index (χ0) is 13.5. The number of rotatable bonds is 6. The van der Waals surface area contributed by atoms with E-state index in [0.717, 1.165) is 37.7 Å². The van der Waals surface area contributed by atoms with E-state index in [0.29, 0.717) is 0 Å². The SMILES string of the molecule is CC[NH+](CC)CCN(C(C)=O)c1cccc(C)n1.[Cl-]. The Hall–Kier alpha value is -1.13. The van der Waals surface area contributed by atoms with Gasteiger partial charge in [0.25, 0.3) is 0 Å². The zero-order valence-electron chi connectivity index (χ0n) is 12.2. The van der Waals surface area contributed by atoms with Crippen molar-refractivity contribution in [3.63, 3.8) is 0 Å². The summed E-state index contributed by atoms with van der Waals surface area (Å²) in [4.78, 5) is 19.4. The van der Waals surface area contributed by atoms with Gasteiger partial charge in [0.05, 0.1) is 26.2 Å². The molecular formula is C14H24ClN3O. The fourth-order valence-corrected chi connectivity index (χ4v) is 1.99. The number of pyridine rings is 1. The van der Waals surface area contributed by atoms with E-state index in [4.69, 9.17) is 0 Å². The standard InChI is InChI=1S/C14H23N3O.ClH/c1-5-16(6-2)10-11-17(13(4)18)14-9-7-8-12(3)15-14;/h7-9H,5-6,10-11H2,1-4H3;1H. The van der Waals surface area contributed by atoms with Crippen molar-refractivity contribution in [1.82, 2.24) is 4.98 Å². The second-order valence-electron chi connectivity index (χ2n) is 4.51. The molecule has 4 nitrogen and oxygen atoms in total. The molecule has 108 valence electrons. The van der Waals surface area contributed by atoms with Crippen LogP contribution in [0.15, 0.2) is 18.2 Å². The number of nitrogens with one attached hydrogen (secondary N) is 1. The molecule has 0 aliphatic heterocycles. The third kappa shape index (κ3) is 5.57. The summed E-state index contributed by atoms with van der Waals surface area (Å²) in [5.74, 6) is 0.814. The Morgan fingerprint density at radius 1 is 1.32 bits per heavy atom. The third-order valence-electron chi connectivity index (χ3n) is 3.22. The van der Waals surface area contributed by atoms with Crippen molar-refractivity contribution in [1.29, 1.82) is 0 Å². The number of aromatic nitrogens is 1. The molecule has 0 saturated carbocycles. The van der Waals surface area contributed by atoms with Gasteiger partial charge in [-0.05, 0) is 32.9 Å². The lowest BCUT2D eigenvalue weighted by Gasteiger charge is -2.23. The second-order valence-corrected chi connectivity index (χ2v) is 4.51. The molecule has 0 atom stereocenters. The number of hydrogen-bond donors (Lipinski definition) is 1. The number of quaternary nitrogens is 1. The highest BCUT2D eigenvalue weighted by Gasteiger charge is 2.15. The lowest BCUT2D eigenvalue weighted by atomic mass is 10.3. The summed E-state index contributed by atoms with van der Waals surface area (Å²) in [6.07, 6.45) is 0. The molecule has 0 aliphatic rings. The molecule has 1 rings (SSSR count). The van der Waals surface area contributed by atoms with E-state index in [2.05, 4.69) is 18.8 Å². The topological polar surface area (TPSA) is 37.6 Å². The summed E-state index contributed by atoms with van der Waals surface area (Å²) >= 11 is 0. The number of halogens is 1. The minimum Gasteiger partial charge on any atom is -1.00 e. The summed E-state index contributed by atoms with van der Waals surface area (Å²) in [7, 11) is 0. The van der Waals surface area contributed by atoms with Crippen LogP contribution in [0, 0.1) is 6.92 Å². The first-order valence-electron chi connectivity index (χ1n) is 6.63. The first-order chi connectivity index (χ1) is 8.58. The molecule has 0 saturated heterocycles. The maximum atomic E-state index is 11.7. The molecule has 1 N–H and O–H groups in total. The first kappa shape index (κ1) is 17.9. The normalized spacial score (nSPS) is 10.2. The monoisotopic (exact) mass is 285 g/mol. The highest BCUT2D eigenvalue weighted by atomic mass is 35.5. The Kier molecular flexibility index (Phi) is 8.35. The Balaban J connectivity index is 0.00000324. The number of carbonyl (C=O) groups excluding carboxylic acids is 1. The molecule has 0 radical (unpaired) electrons. The van der Waals surface area contributed by atoms with Crippen LogP contribution in [-0.4, -0.2) is 37.1 Å². The maximum Gasteiger partial charge on any atom is 0.225 e. The third-order valence-corrected chi connectivity index (χ3v) is 3.22. The van der Waals surface area contributed by atoms with Crippen molar-refractivity contribution in [3.8, 4) is 0 Å². The predicted molar refractivity (Wildman–Crippen MR) is 73.9 cm³/mol. The van der Waals surface area contributed by atoms with Gasteiger partial charge in [-0.15, -0.1) is 0 Å². The largest absolute Gasteiger partial charge is 1.00 e. The molecule has 0 aromatic carbocycles. The molecule has 1 aromatic rings. The quantitative estimate of drug-likeness (QED) is 0.637. The van der Waals surface area contributed by atoms with Crippen LogP contribution >= 0.6 is 0 Å². The molecule has 1 aromatic heterocycles. The average Bonchev–Trinajstić information content (AvgIpc) is 2.34. The predicted octanol–water partition coefficient (Wildman–Crippen LogP) is -2.33. The lowest BCUT2D eigenvalue weighted by Crippen LogP contribution is -3.12. The van der Waals surface area contributed by atoms with Gasteiger partial charge in [0.15, 0.2) is 0 Å². The van der Waals surface area contributed by atoms with Crippen LogP contribution in [0.4, 0.5) is 5.82 Å². The average molecular weight is 286 g/mol. The molecule has 0 spiro atoms. The van der Waals surface area contributed by atoms with Crippen molar-refractivity contribution < 1.29 is 22.1 Å². The smallest absolute Gasteiger partial charge is 0.225 e. The van der Waals surface area contributed by atoms with Crippen LogP contribution in [0.1, 0.15) is 26.5 Å². The number of hydrogen-bond acceptors (Lipinski definition) is 2. The highest BCUT2D eigenvalue weighted by Crippen LogP contribution is 2.10. The van der Waals surface area contributed by atoms with Crippen molar-refractivity contribution in [2.24, 2.45) is 0 Å². The van der Waals surface area contributed by atoms with Gasteiger partial charge in [0, 0.05) is 12.6 Å². The molecule has 19 heavy (non-hydrogen) atoms. The van der Waals surface area contributed by atoms with Crippen LogP contribution in [0.2, 0.25) is 0 Å². The van der Waals surface area contributed by atoms with Gasteiger partial charge in [-0.1, -0.05) is 6.07 Å². The van der Waals surface area contributed by atoms with Crippen molar-refractivity contribution >= 4 is 11.7 Å². The maximum absolute atomic E-state index is 11.7. The summed E-state index contributed by atoms with van der Waals surface area (Å²) in [6.45, 7) is 11.7. The van der Waals surface area contributed by atoms with Crippen LogP contribution < -0.4 is 22.2 Å². The number of nitrogens with zero attached hydrogens (tertiary/aromatic N) is 2. The van der Waals surface area contributed by atoms with Gasteiger partial charge in [-0.2, -0.15) is 0 Å². The van der Waals surface area contributed by atoms with Crippen LogP contribution in [0.3, 0.4) is 0 Å². The molecule has 0 unspecified atom stereocenters. The van der Waals surface area contributed by atoms with Crippen LogP contribution in [0.25, 0.3) is 0 Å². The minimum atomic E-state index is 0. The Bertz CT molecular complexity index is 394. The minimum absolute atomic E-state index is 0. The number of anilines is 1. The number of aryl methyl sites for hydroxylation is 1. The van der Waals surface area contributed by atoms with Gasteiger partial charge >= 0.3 is 0 Å². The van der Waals surface area contributed by atoms with Crippen molar-refractivity contribution in [3.05, 3.63) is 23.9 Å². The summed E-state index contributed by atoms with van der Waals surface area (Å²) in [6, 6.07) is 5.78. The second kappa shape index (κ2) is 8.88. The van der Waals surface area contributed by atoms with E-state index >= 15 is 0 Å². The van der Waals surface area contributed by atoms with Crippen molar-refractivity contribution in [2.75, 3.05) is 31.1 Å². The van der Waals surface area contributed by atoms with Crippen LogP contribution in [0.5, 0.6) is 0 Å². The number of carbonyl (C=O) groups is 1.